The zero-order chi connectivity index (χ0) is 23.3. The number of nitrogens with zero attached hydrogens (tertiary/aromatic N) is 2. The van der Waals surface area contributed by atoms with Gasteiger partial charge in [0.25, 0.3) is 0 Å². The fourth-order valence-corrected chi connectivity index (χ4v) is 4.74. The molecular weight excluding hydrogens is 438 g/mol. The van der Waals surface area contributed by atoms with E-state index in [1.807, 2.05) is 10.8 Å². The Morgan fingerprint density at radius 3 is 2.53 bits per heavy atom. The van der Waals surface area contributed by atoms with E-state index in [-0.39, 0.29) is 16.5 Å². The van der Waals surface area contributed by atoms with Gasteiger partial charge in [-0.05, 0) is 54.5 Å². The molecule has 0 saturated heterocycles. The zero-order valence-electron chi connectivity index (χ0n) is 18.6. The van der Waals surface area contributed by atoms with Crippen LogP contribution in [0.1, 0.15) is 50.4 Å². The first-order valence-electron chi connectivity index (χ1n) is 10.7. The Morgan fingerprint density at radius 2 is 1.91 bits per heavy atom. The van der Waals surface area contributed by atoms with Gasteiger partial charge in [-0.2, -0.15) is 13.2 Å². The van der Waals surface area contributed by atoms with Crippen molar-refractivity contribution in [2.75, 3.05) is 0 Å². The third-order valence-electron chi connectivity index (χ3n) is 5.43. The van der Waals surface area contributed by atoms with Gasteiger partial charge in [0.15, 0.2) is 5.69 Å². The summed E-state index contributed by atoms with van der Waals surface area (Å²) in [6.07, 6.45) is 0.828. The fourth-order valence-electron chi connectivity index (χ4n) is 3.89. The number of alkyl halides is 3. The monoisotopic (exact) mass is 465 g/mol. The second kappa shape index (κ2) is 8.37. The molecule has 0 bridgehead atoms. The van der Waals surface area contributed by atoms with E-state index in [0.29, 0.717) is 23.9 Å². The van der Waals surface area contributed by atoms with Gasteiger partial charge >= 0.3 is 6.18 Å². The molecule has 0 radical (unpaired) electrons. The van der Waals surface area contributed by atoms with Gasteiger partial charge in [0.1, 0.15) is 5.82 Å². The molecule has 3 nitrogen and oxygen atoms in total. The van der Waals surface area contributed by atoms with E-state index in [0.717, 1.165) is 22.7 Å². The van der Waals surface area contributed by atoms with Crippen LogP contribution in [-0.4, -0.2) is 14.8 Å². The van der Waals surface area contributed by atoms with E-state index < -0.39 is 17.7 Å². The smallest absolute Gasteiger partial charge is 0.347 e. The molecule has 1 aliphatic rings. The molecule has 0 amide bonds. The lowest BCUT2D eigenvalue weighted by Crippen LogP contribution is -2.15. The van der Waals surface area contributed by atoms with Crippen LogP contribution < -0.4 is 4.72 Å². The molecule has 1 N–H and O–H groups in total. The van der Waals surface area contributed by atoms with E-state index >= 15 is 4.39 Å². The highest BCUT2D eigenvalue weighted by molar-refractivity contribution is 7.98. The van der Waals surface area contributed by atoms with Crippen LogP contribution in [0.5, 0.6) is 0 Å². The molecule has 4 rings (SSSR count). The first-order valence-corrected chi connectivity index (χ1v) is 11.5. The second-order valence-electron chi connectivity index (χ2n) is 9.68. The van der Waals surface area contributed by atoms with Crippen molar-refractivity contribution in [3.8, 4) is 11.1 Å². The topological polar surface area (TPSA) is 29.9 Å². The summed E-state index contributed by atoms with van der Waals surface area (Å²) in [6, 6.07) is 4.40. The minimum absolute atomic E-state index is 0.0602. The van der Waals surface area contributed by atoms with E-state index in [2.05, 4.69) is 30.5 Å². The van der Waals surface area contributed by atoms with Gasteiger partial charge in [0, 0.05) is 52.8 Å². The number of aryl methyl sites for hydroxylation is 1. The van der Waals surface area contributed by atoms with Crippen molar-refractivity contribution >= 4 is 22.9 Å². The van der Waals surface area contributed by atoms with Gasteiger partial charge < -0.3 is 4.57 Å². The van der Waals surface area contributed by atoms with Crippen molar-refractivity contribution in [1.29, 1.82) is 0 Å². The summed E-state index contributed by atoms with van der Waals surface area (Å²) in [6.45, 7) is 9.05. The Bertz CT molecular complexity index is 1140. The summed E-state index contributed by atoms with van der Waals surface area (Å²) in [7, 11) is 0. The Labute approximate surface area is 189 Å². The molecule has 0 unspecified atom stereocenters. The second-order valence-corrected chi connectivity index (χ2v) is 10.9. The Kier molecular flexibility index (Phi) is 6.05. The van der Waals surface area contributed by atoms with Crippen LogP contribution in [0.4, 0.5) is 17.6 Å². The molecule has 1 saturated carbocycles. The molecule has 172 valence electrons. The van der Waals surface area contributed by atoms with Gasteiger partial charge in [0.2, 0.25) is 0 Å². The first-order chi connectivity index (χ1) is 14.9. The van der Waals surface area contributed by atoms with E-state index in [4.69, 9.17) is 0 Å². The summed E-state index contributed by atoms with van der Waals surface area (Å²) in [4.78, 5) is 3.55. The van der Waals surface area contributed by atoms with Gasteiger partial charge in [0.05, 0.1) is 0 Å². The predicted octanol–water partition coefficient (Wildman–Crippen LogP) is 7.12. The molecule has 3 aromatic rings. The number of aromatic nitrogens is 2. The zero-order valence-corrected chi connectivity index (χ0v) is 19.4. The molecule has 0 aliphatic heterocycles. The highest BCUT2D eigenvalue weighted by Crippen LogP contribution is 2.40. The number of rotatable bonds is 6. The number of fused-ring (bicyclic) bond motifs is 1. The van der Waals surface area contributed by atoms with Crippen LogP contribution in [0.3, 0.4) is 0 Å². The summed E-state index contributed by atoms with van der Waals surface area (Å²) in [5.41, 5.74) is 0.592. The number of nitrogens with one attached hydrogen (secondary N) is 1. The van der Waals surface area contributed by atoms with Crippen molar-refractivity contribution in [1.82, 2.24) is 14.3 Å². The molecule has 2 heterocycles. The maximum Gasteiger partial charge on any atom is 0.433 e. The van der Waals surface area contributed by atoms with Crippen LogP contribution in [0, 0.1) is 18.2 Å². The standard InChI is InChI=1S/C24H27F4N3S/c1-14-7-8-29-22(24(26,27)28)21(14)18-10-20-17(9-19(18)25)15(11-30-32-16-5-6-16)12-31(20)13-23(2,3)4/h7-10,12,16,30H,5-6,11,13H2,1-4H3. The van der Waals surface area contributed by atoms with Gasteiger partial charge in [-0.15, -0.1) is 0 Å². The van der Waals surface area contributed by atoms with Crippen molar-refractivity contribution in [3.05, 3.63) is 53.2 Å². The lowest BCUT2D eigenvalue weighted by atomic mass is 9.95. The fraction of sp³-hybridized carbons (Fsp3) is 0.458. The summed E-state index contributed by atoms with van der Waals surface area (Å²) >= 11 is 1.69. The number of hydrogen-bond acceptors (Lipinski definition) is 3. The largest absolute Gasteiger partial charge is 0.433 e. The molecular formula is C24H27F4N3S. The third kappa shape index (κ3) is 4.96. The normalized spacial score (nSPS) is 15.0. The average molecular weight is 466 g/mol. The summed E-state index contributed by atoms with van der Waals surface area (Å²) in [5, 5.41) is 1.35. The number of halogens is 4. The van der Waals surface area contributed by atoms with Crippen LogP contribution in [0.25, 0.3) is 22.0 Å². The van der Waals surface area contributed by atoms with E-state index in [1.54, 1.807) is 24.9 Å². The molecule has 2 aromatic heterocycles. The van der Waals surface area contributed by atoms with Gasteiger partial charge in [-0.3, -0.25) is 9.71 Å². The molecule has 1 fully saturated rings. The number of benzene rings is 1. The Morgan fingerprint density at radius 1 is 1.19 bits per heavy atom. The summed E-state index contributed by atoms with van der Waals surface area (Å²) in [5.74, 6) is -0.677. The highest BCUT2D eigenvalue weighted by atomic mass is 32.2. The van der Waals surface area contributed by atoms with Crippen LogP contribution in [-0.2, 0) is 19.3 Å². The number of pyridine rings is 1. The maximum absolute atomic E-state index is 15.3. The van der Waals surface area contributed by atoms with Crippen LogP contribution in [0.2, 0.25) is 0 Å². The van der Waals surface area contributed by atoms with Crippen molar-refractivity contribution in [2.24, 2.45) is 5.41 Å². The van der Waals surface area contributed by atoms with E-state index in [1.165, 1.54) is 25.0 Å². The first kappa shape index (κ1) is 23.1. The van der Waals surface area contributed by atoms with Crippen LogP contribution >= 0.6 is 11.9 Å². The molecule has 0 atom stereocenters. The molecule has 8 heteroatoms. The van der Waals surface area contributed by atoms with E-state index in [9.17, 15) is 13.2 Å². The molecule has 0 spiro atoms. The Hall–Kier alpha value is -2.06. The minimum Gasteiger partial charge on any atom is -0.347 e. The predicted molar refractivity (Wildman–Crippen MR) is 122 cm³/mol. The van der Waals surface area contributed by atoms with Gasteiger partial charge in [-0.25, -0.2) is 4.39 Å². The molecule has 1 aliphatic carbocycles. The number of hydrogen-bond donors (Lipinski definition) is 1. The highest BCUT2D eigenvalue weighted by Gasteiger charge is 2.37. The summed E-state index contributed by atoms with van der Waals surface area (Å²) < 4.78 is 61.7. The molecule has 32 heavy (non-hydrogen) atoms. The maximum atomic E-state index is 15.3. The quantitative estimate of drug-likeness (QED) is 0.311. The third-order valence-corrected chi connectivity index (χ3v) is 6.55. The Balaban J connectivity index is 1.86. The van der Waals surface area contributed by atoms with Crippen LogP contribution in [0.15, 0.2) is 30.6 Å². The average Bonchev–Trinajstić information content (AvgIpc) is 3.44. The molecule has 1 aromatic carbocycles. The SMILES string of the molecule is Cc1ccnc(C(F)(F)F)c1-c1cc2c(cc1F)c(CNSC1CC1)cn2CC(C)(C)C. The van der Waals surface area contributed by atoms with Crippen molar-refractivity contribution in [2.45, 2.75) is 65.1 Å². The lowest BCUT2D eigenvalue weighted by molar-refractivity contribution is -0.140. The van der Waals surface area contributed by atoms with Gasteiger partial charge in [-0.1, -0.05) is 32.7 Å². The minimum atomic E-state index is -4.68. The van der Waals surface area contributed by atoms with Crippen molar-refractivity contribution in [3.63, 3.8) is 0 Å². The van der Waals surface area contributed by atoms with Crippen molar-refractivity contribution < 1.29 is 17.6 Å². The lowest BCUT2D eigenvalue weighted by Gasteiger charge is -2.20.